The average molecular weight is 413 g/mol. The summed E-state index contributed by atoms with van der Waals surface area (Å²) >= 11 is 5.03. The van der Waals surface area contributed by atoms with E-state index < -0.39 is 0 Å². The van der Waals surface area contributed by atoms with Gasteiger partial charge in [-0.25, -0.2) is 4.68 Å². The number of allylic oxidation sites excluding steroid dienone is 1. The van der Waals surface area contributed by atoms with Gasteiger partial charge in [0.25, 0.3) is 0 Å². The molecule has 0 fully saturated rings. The molecule has 0 amide bonds. The smallest absolute Gasteiger partial charge is 0.229 e. The normalized spacial score (nSPS) is 16.3. The molecule has 7 heteroatoms. The van der Waals surface area contributed by atoms with Crippen molar-refractivity contribution in [2.75, 3.05) is 0 Å². The molecule has 0 aliphatic carbocycles. The van der Waals surface area contributed by atoms with Crippen molar-refractivity contribution >= 4 is 27.3 Å². The fourth-order valence-electron chi connectivity index (χ4n) is 3.01. The third kappa shape index (κ3) is 2.54. The molecule has 0 saturated carbocycles. The number of benzene rings is 1. The Morgan fingerprint density at radius 3 is 2.72 bits per heavy atom. The second-order valence-electron chi connectivity index (χ2n) is 5.63. The highest BCUT2D eigenvalue weighted by Crippen LogP contribution is 2.45. The molecule has 25 heavy (non-hydrogen) atoms. The lowest BCUT2D eigenvalue weighted by molar-refractivity contribution is 0.367. The Labute approximate surface area is 157 Å². The van der Waals surface area contributed by atoms with E-state index in [1.807, 2.05) is 48.7 Å². The summed E-state index contributed by atoms with van der Waals surface area (Å²) in [6.45, 7) is 1.93. The first kappa shape index (κ1) is 15.9. The topological polar surface area (TPSA) is 76.9 Å². The van der Waals surface area contributed by atoms with Crippen molar-refractivity contribution in [3.05, 3.63) is 73.8 Å². The van der Waals surface area contributed by atoms with E-state index in [4.69, 9.17) is 10.5 Å². The Kier molecular flexibility index (Phi) is 3.86. The van der Waals surface area contributed by atoms with Crippen LogP contribution >= 0.6 is 27.3 Å². The number of halogens is 1. The van der Waals surface area contributed by atoms with E-state index in [0.29, 0.717) is 11.5 Å². The SMILES string of the molecule is Cc1nn(-c2ccc(Br)cc2)c2c1C(c1cccs1)C(C#N)=C(N)O2. The number of ether oxygens (including phenoxy) is 1. The molecule has 1 aliphatic rings. The molecule has 1 atom stereocenters. The number of hydrogen-bond donors (Lipinski definition) is 1. The van der Waals surface area contributed by atoms with Gasteiger partial charge >= 0.3 is 0 Å². The average Bonchev–Trinajstić information content (AvgIpc) is 3.23. The predicted octanol–water partition coefficient (Wildman–Crippen LogP) is 4.22. The van der Waals surface area contributed by atoms with E-state index in [-0.39, 0.29) is 11.8 Å². The van der Waals surface area contributed by atoms with Crippen molar-refractivity contribution in [2.45, 2.75) is 12.8 Å². The third-order valence-corrected chi connectivity index (χ3v) is 5.60. The van der Waals surface area contributed by atoms with Gasteiger partial charge in [0.15, 0.2) is 0 Å². The molecule has 0 bridgehead atoms. The molecule has 4 rings (SSSR count). The highest BCUT2D eigenvalue weighted by molar-refractivity contribution is 9.10. The minimum atomic E-state index is -0.252. The van der Waals surface area contributed by atoms with E-state index in [0.717, 1.165) is 26.3 Å². The Hall–Kier alpha value is -2.56. The van der Waals surface area contributed by atoms with Crippen LogP contribution in [0.1, 0.15) is 22.1 Å². The van der Waals surface area contributed by atoms with Gasteiger partial charge in [0.2, 0.25) is 11.8 Å². The fourth-order valence-corrected chi connectivity index (χ4v) is 4.12. The number of fused-ring (bicyclic) bond motifs is 1. The van der Waals surface area contributed by atoms with Crippen molar-refractivity contribution < 1.29 is 4.74 Å². The van der Waals surface area contributed by atoms with Crippen LogP contribution in [0.4, 0.5) is 0 Å². The van der Waals surface area contributed by atoms with Crippen molar-refractivity contribution in [3.8, 4) is 17.6 Å². The number of aromatic nitrogens is 2. The number of aryl methyl sites for hydroxylation is 1. The molecule has 2 N–H and O–H groups in total. The van der Waals surface area contributed by atoms with E-state index in [1.54, 1.807) is 16.0 Å². The molecular weight excluding hydrogens is 400 g/mol. The summed E-state index contributed by atoms with van der Waals surface area (Å²) in [6.07, 6.45) is 0. The number of thiophene rings is 1. The molecule has 124 valence electrons. The predicted molar refractivity (Wildman–Crippen MR) is 99.6 cm³/mol. The van der Waals surface area contributed by atoms with Crippen LogP contribution < -0.4 is 10.5 Å². The van der Waals surface area contributed by atoms with Gasteiger partial charge in [-0.3, -0.25) is 0 Å². The van der Waals surface area contributed by atoms with E-state index >= 15 is 0 Å². The lowest BCUT2D eigenvalue weighted by atomic mass is 9.89. The minimum Gasteiger partial charge on any atom is -0.422 e. The van der Waals surface area contributed by atoms with Gasteiger partial charge in [-0.15, -0.1) is 11.3 Å². The van der Waals surface area contributed by atoms with E-state index in [1.165, 1.54) is 0 Å². The Balaban J connectivity index is 1.94. The highest BCUT2D eigenvalue weighted by atomic mass is 79.9. The Bertz CT molecular complexity index is 1010. The van der Waals surface area contributed by atoms with Gasteiger partial charge in [-0.1, -0.05) is 22.0 Å². The van der Waals surface area contributed by atoms with Crippen LogP contribution in [0.5, 0.6) is 5.88 Å². The highest BCUT2D eigenvalue weighted by Gasteiger charge is 2.36. The Morgan fingerprint density at radius 1 is 1.32 bits per heavy atom. The minimum absolute atomic E-state index is 0.131. The molecule has 3 heterocycles. The summed E-state index contributed by atoms with van der Waals surface area (Å²) < 4.78 is 8.55. The van der Waals surface area contributed by atoms with Gasteiger partial charge in [0.05, 0.1) is 22.9 Å². The molecular formula is C18H13BrN4OS. The summed E-state index contributed by atoms with van der Waals surface area (Å²) in [5.41, 5.74) is 9.06. The van der Waals surface area contributed by atoms with Crippen LogP contribution in [0, 0.1) is 18.3 Å². The number of nitrogens with two attached hydrogens (primary N) is 1. The molecule has 1 unspecified atom stereocenters. The zero-order valence-electron chi connectivity index (χ0n) is 13.2. The summed E-state index contributed by atoms with van der Waals surface area (Å²) in [6, 6.07) is 14.0. The van der Waals surface area contributed by atoms with Crippen LogP contribution in [0.2, 0.25) is 0 Å². The summed E-state index contributed by atoms with van der Waals surface area (Å²) in [4.78, 5) is 1.04. The van der Waals surface area contributed by atoms with E-state index in [2.05, 4.69) is 27.1 Å². The lowest BCUT2D eigenvalue weighted by Gasteiger charge is -2.23. The van der Waals surface area contributed by atoms with Crippen molar-refractivity contribution in [1.29, 1.82) is 5.26 Å². The maximum Gasteiger partial charge on any atom is 0.229 e. The second-order valence-corrected chi connectivity index (χ2v) is 7.53. The standard InChI is InChI=1S/C18H13BrN4OS/c1-10-15-16(14-3-2-8-25-14)13(9-20)17(21)24-18(15)23(22-10)12-6-4-11(19)5-7-12/h2-8,16H,21H2,1H3. The number of nitrogens with zero attached hydrogens (tertiary/aromatic N) is 3. The van der Waals surface area contributed by atoms with E-state index in [9.17, 15) is 5.26 Å². The van der Waals surface area contributed by atoms with Crippen LogP contribution in [-0.4, -0.2) is 9.78 Å². The first-order valence-corrected chi connectivity index (χ1v) is 9.24. The fraction of sp³-hybridized carbons (Fsp3) is 0.111. The third-order valence-electron chi connectivity index (χ3n) is 4.13. The largest absolute Gasteiger partial charge is 0.422 e. The molecule has 0 radical (unpaired) electrons. The summed E-state index contributed by atoms with van der Waals surface area (Å²) in [5, 5.41) is 16.2. The molecule has 1 aliphatic heterocycles. The maximum absolute atomic E-state index is 9.61. The van der Waals surface area contributed by atoms with Gasteiger partial charge < -0.3 is 10.5 Å². The van der Waals surface area contributed by atoms with Crippen LogP contribution in [0.25, 0.3) is 5.69 Å². The molecule has 5 nitrogen and oxygen atoms in total. The molecule has 3 aromatic rings. The molecule has 0 saturated heterocycles. The van der Waals surface area contributed by atoms with Gasteiger partial charge in [-0.2, -0.15) is 10.4 Å². The van der Waals surface area contributed by atoms with Gasteiger partial charge in [0, 0.05) is 9.35 Å². The monoisotopic (exact) mass is 412 g/mol. The van der Waals surface area contributed by atoms with Gasteiger partial charge in [-0.05, 0) is 42.6 Å². The lowest BCUT2D eigenvalue weighted by Crippen LogP contribution is -2.21. The summed E-state index contributed by atoms with van der Waals surface area (Å²) in [5.74, 6) is 0.444. The van der Waals surface area contributed by atoms with Crippen molar-refractivity contribution in [3.63, 3.8) is 0 Å². The Morgan fingerprint density at radius 2 is 2.08 bits per heavy atom. The quantitative estimate of drug-likeness (QED) is 0.683. The van der Waals surface area contributed by atoms with Crippen molar-refractivity contribution in [1.82, 2.24) is 9.78 Å². The molecule has 1 aromatic carbocycles. The van der Waals surface area contributed by atoms with Crippen LogP contribution in [0.15, 0.2) is 57.7 Å². The first-order chi connectivity index (χ1) is 12.1. The van der Waals surface area contributed by atoms with Gasteiger partial charge in [0.1, 0.15) is 11.6 Å². The number of nitriles is 1. The zero-order chi connectivity index (χ0) is 17.6. The molecule has 0 spiro atoms. The molecule has 2 aromatic heterocycles. The maximum atomic E-state index is 9.61. The number of hydrogen-bond acceptors (Lipinski definition) is 5. The van der Waals surface area contributed by atoms with Crippen LogP contribution in [-0.2, 0) is 0 Å². The van der Waals surface area contributed by atoms with Crippen molar-refractivity contribution in [2.24, 2.45) is 5.73 Å². The first-order valence-electron chi connectivity index (χ1n) is 7.56. The second kappa shape index (κ2) is 6.06. The number of rotatable bonds is 2. The zero-order valence-corrected chi connectivity index (χ0v) is 15.6. The van der Waals surface area contributed by atoms with Crippen LogP contribution in [0.3, 0.4) is 0 Å². The summed E-state index contributed by atoms with van der Waals surface area (Å²) in [7, 11) is 0.